The number of hydrogen-bond donors (Lipinski definition) is 0. The molecule has 0 fully saturated rings. The van der Waals surface area contributed by atoms with Crippen LogP contribution >= 0.6 is 11.3 Å². The maximum Gasteiger partial charge on any atom is 0.497 e. The summed E-state index contributed by atoms with van der Waals surface area (Å²) in [5.41, 5.74) is -1.87. The van der Waals surface area contributed by atoms with Crippen molar-refractivity contribution in [2.45, 2.75) is 31.0 Å². The second-order valence-corrected chi connectivity index (χ2v) is 9.08. The molecule has 0 aliphatic heterocycles. The van der Waals surface area contributed by atoms with E-state index in [9.17, 15) is 21.6 Å². The minimum absolute atomic E-state index is 0.0745. The van der Waals surface area contributed by atoms with E-state index in [0.717, 1.165) is 23.5 Å². The van der Waals surface area contributed by atoms with Crippen LogP contribution in [-0.4, -0.2) is 23.9 Å². The summed E-state index contributed by atoms with van der Waals surface area (Å²) in [5.74, 6) is -1.08. The normalized spacial score (nSPS) is 12.3. The molecule has 28 heavy (non-hydrogen) atoms. The summed E-state index contributed by atoms with van der Waals surface area (Å²) in [6, 6.07) is 9.85. The maximum atomic E-state index is 12.5. The van der Waals surface area contributed by atoms with Gasteiger partial charge in [-0.3, -0.25) is 4.98 Å². The first kappa shape index (κ1) is 20.5. The van der Waals surface area contributed by atoms with Crippen LogP contribution in [0, 0.1) is 0 Å². The van der Waals surface area contributed by atoms with Crippen molar-refractivity contribution in [3.8, 4) is 22.0 Å². The average Bonchev–Trinajstić information content (AvgIpc) is 3.12. The number of halogens is 3. The van der Waals surface area contributed by atoms with Crippen molar-refractivity contribution < 1.29 is 21.6 Å². The molecule has 2 aromatic heterocycles. The SMILES string of the molecule is CCCc1ccnc(-c2nc(-c3ccc(CS(=O)(=O)C(F)(F)F)cc3)cs2)c1. The molecule has 148 valence electrons. The summed E-state index contributed by atoms with van der Waals surface area (Å²) in [6.45, 7) is 2.10. The first-order valence-corrected chi connectivity index (χ1v) is 11.0. The van der Waals surface area contributed by atoms with Crippen molar-refractivity contribution in [2.75, 3.05) is 0 Å². The molecule has 9 heteroatoms. The summed E-state index contributed by atoms with van der Waals surface area (Å²) in [5, 5.41) is 2.59. The van der Waals surface area contributed by atoms with E-state index < -0.39 is 21.1 Å². The highest BCUT2D eigenvalue weighted by Crippen LogP contribution is 2.30. The van der Waals surface area contributed by atoms with E-state index >= 15 is 0 Å². The topological polar surface area (TPSA) is 59.9 Å². The Kier molecular flexibility index (Phi) is 5.85. The lowest BCUT2D eigenvalue weighted by Gasteiger charge is -2.08. The number of hydrogen-bond acceptors (Lipinski definition) is 5. The summed E-state index contributed by atoms with van der Waals surface area (Å²) in [7, 11) is -5.19. The monoisotopic (exact) mass is 426 g/mol. The lowest BCUT2D eigenvalue weighted by Crippen LogP contribution is -2.24. The van der Waals surface area contributed by atoms with Crippen LogP contribution in [0.15, 0.2) is 48.0 Å². The van der Waals surface area contributed by atoms with Crippen LogP contribution in [0.25, 0.3) is 22.0 Å². The Balaban J connectivity index is 1.80. The summed E-state index contributed by atoms with van der Waals surface area (Å²) in [4.78, 5) is 8.90. The van der Waals surface area contributed by atoms with Crippen molar-refractivity contribution in [3.63, 3.8) is 0 Å². The van der Waals surface area contributed by atoms with Crippen molar-refractivity contribution in [2.24, 2.45) is 0 Å². The Morgan fingerprint density at radius 2 is 1.75 bits per heavy atom. The van der Waals surface area contributed by atoms with Gasteiger partial charge in [0.05, 0.1) is 17.1 Å². The van der Waals surface area contributed by atoms with Crippen molar-refractivity contribution in [3.05, 3.63) is 59.1 Å². The molecule has 3 aromatic rings. The lowest BCUT2D eigenvalue weighted by molar-refractivity contribution is -0.0437. The number of alkyl halides is 3. The Labute approximate surface area is 165 Å². The van der Waals surface area contributed by atoms with Crippen LogP contribution < -0.4 is 0 Å². The second-order valence-electron chi connectivity index (χ2n) is 6.24. The van der Waals surface area contributed by atoms with E-state index in [2.05, 4.69) is 16.9 Å². The smallest absolute Gasteiger partial charge is 0.254 e. The highest BCUT2D eigenvalue weighted by Gasteiger charge is 2.45. The molecule has 0 radical (unpaired) electrons. The zero-order valence-corrected chi connectivity index (χ0v) is 16.5. The number of benzene rings is 1. The fraction of sp³-hybridized carbons (Fsp3) is 0.263. The Bertz CT molecular complexity index is 1060. The first-order valence-electron chi connectivity index (χ1n) is 8.49. The molecule has 0 atom stereocenters. The number of aryl methyl sites for hydroxylation is 1. The fourth-order valence-corrected chi connectivity index (χ4v) is 4.22. The van der Waals surface area contributed by atoms with E-state index in [1.807, 2.05) is 17.5 Å². The van der Waals surface area contributed by atoms with Crippen LogP contribution in [0.1, 0.15) is 24.5 Å². The third-order valence-corrected chi connectivity index (χ3v) is 6.33. The summed E-state index contributed by atoms with van der Waals surface area (Å²) >= 11 is 1.42. The van der Waals surface area contributed by atoms with Crippen LogP contribution in [0.3, 0.4) is 0 Å². The number of sulfone groups is 1. The summed E-state index contributed by atoms with van der Waals surface area (Å²) < 4.78 is 60.0. The molecule has 3 rings (SSSR count). The third kappa shape index (κ3) is 4.59. The number of nitrogens with zero attached hydrogens (tertiary/aromatic N) is 2. The zero-order chi connectivity index (χ0) is 20.4. The van der Waals surface area contributed by atoms with Gasteiger partial charge in [-0.2, -0.15) is 13.2 Å². The lowest BCUT2D eigenvalue weighted by atomic mass is 10.1. The van der Waals surface area contributed by atoms with Gasteiger partial charge in [-0.15, -0.1) is 11.3 Å². The van der Waals surface area contributed by atoms with E-state index in [1.165, 1.54) is 29.0 Å². The molecule has 0 aliphatic carbocycles. The number of rotatable bonds is 6. The predicted molar refractivity (Wildman–Crippen MR) is 103 cm³/mol. The minimum Gasteiger partial charge on any atom is -0.254 e. The molecule has 0 aliphatic rings. The van der Waals surface area contributed by atoms with Gasteiger partial charge < -0.3 is 0 Å². The zero-order valence-electron chi connectivity index (χ0n) is 14.9. The predicted octanol–water partition coefficient (Wildman–Crippen LogP) is 5.26. The van der Waals surface area contributed by atoms with Crippen molar-refractivity contribution in [1.29, 1.82) is 0 Å². The Morgan fingerprint density at radius 3 is 2.39 bits per heavy atom. The molecule has 0 N–H and O–H groups in total. The molecule has 0 bridgehead atoms. The van der Waals surface area contributed by atoms with E-state index in [1.54, 1.807) is 18.3 Å². The molecule has 0 amide bonds. The Morgan fingerprint density at radius 1 is 1.04 bits per heavy atom. The van der Waals surface area contributed by atoms with Gasteiger partial charge in [-0.1, -0.05) is 37.6 Å². The first-order chi connectivity index (χ1) is 13.2. The number of aromatic nitrogens is 2. The highest BCUT2D eigenvalue weighted by atomic mass is 32.2. The number of thiazole rings is 1. The van der Waals surface area contributed by atoms with Gasteiger partial charge in [0.2, 0.25) is 0 Å². The van der Waals surface area contributed by atoms with E-state index in [-0.39, 0.29) is 5.56 Å². The molecule has 4 nitrogen and oxygen atoms in total. The summed E-state index contributed by atoms with van der Waals surface area (Å²) in [6.07, 6.45) is 3.73. The van der Waals surface area contributed by atoms with Gasteiger partial charge in [0.25, 0.3) is 9.84 Å². The molecule has 2 heterocycles. The van der Waals surface area contributed by atoms with Crippen LogP contribution in [0.4, 0.5) is 13.2 Å². The Hall–Kier alpha value is -2.26. The van der Waals surface area contributed by atoms with Crippen LogP contribution in [0.5, 0.6) is 0 Å². The average molecular weight is 426 g/mol. The van der Waals surface area contributed by atoms with Crippen LogP contribution in [-0.2, 0) is 22.0 Å². The molecule has 0 saturated carbocycles. The standard InChI is InChI=1S/C19H17F3N2O2S2/c1-2-3-13-8-9-23-16(10-13)18-24-17(11-27-18)15-6-4-14(5-7-15)12-28(25,26)19(20,21)22/h4-11H,2-3,12H2,1H3. The quantitative estimate of drug-likeness (QED) is 0.540. The van der Waals surface area contributed by atoms with E-state index in [0.29, 0.717) is 11.3 Å². The van der Waals surface area contributed by atoms with Crippen molar-refractivity contribution >= 4 is 21.2 Å². The van der Waals surface area contributed by atoms with E-state index in [4.69, 9.17) is 0 Å². The van der Waals surface area contributed by atoms with Gasteiger partial charge in [-0.25, -0.2) is 13.4 Å². The van der Waals surface area contributed by atoms with Gasteiger partial charge in [0, 0.05) is 17.1 Å². The van der Waals surface area contributed by atoms with Gasteiger partial charge in [0.1, 0.15) is 5.01 Å². The minimum atomic E-state index is -5.26. The van der Waals surface area contributed by atoms with Gasteiger partial charge in [0.15, 0.2) is 0 Å². The second kappa shape index (κ2) is 8.00. The van der Waals surface area contributed by atoms with Crippen LogP contribution in [0.2, 0.25) is 0 Å². The highest BCUT2D eigenvalue weighted by molar-refractivity contribution is 7.91. The third-order valence-electron chi connectivity index (χ3n) is 4.05. The molecule has 1 aromatic carbocycles. The van der Waals surface area contributed by atoms with Crippen molar-refractivity contribution in [1.82, 2.24) is 9.97 Å². The molecule has 0 unspecified atom stereocenters. The maximum absolute atomic E-state index is 12.5. The molecule has 0 spiro atoms. The van der Waals surface area contributed by atoms with Gasteiger partial charge in [-0.05, 0) is 29.7 Å². The molecular formula is C19H17F3N2O2S2. The molecule has 0 saturated heterocycles. The number of pyridine rings is 1. The fourth-order valence-electron chi connectivity index (χ4n) is 2.63. The van der Waals surface area contributed by atoms with Gasteiger partial charge >= 0.3 is 5.51 Å². The molecular weight excluding hydrogens is 409 g/mol. The largest absolute Gasteiger partial charge is 0.497 e.